The molecule has 0 spiro atoms. The number of aryl methyl sites for hydroxylation is 1. The minimum atomic E-state index is -1.01. The monoisotopic (exact) mass is 326 g/mol. The van der Waals surface area contributed by atoms with Crippen LogP contribution in [0.2, 0.25) is 0 Å². The number of aliphatic hydroxyl groups excluding tert-OH is 1. The van der Waals surface area contributed by atoms with Gasteiger partial charge in [0.1, 0.15) is 18.0 Å². The maximum Gasteiger partial charge on any atom is 0.163 e. The molecule has 0 aliphatic heterocycles. The SMILES string of the molecule is N#CCCn1ncc2c(NC[C@H](O)c3ccccc3F)ncnc21. The summed E-state index contributed by atoms with van der Waals surface area (Å²) in [5, 5.41) is 26.7. The van der Waals surface area contributed by atoms with Gasteiger partial charge in [0.15, 0.2) is 5.65 Å². The first-order chi connectivity index (χ1) is 11.7. The number of hydrogen-bond acceptors (Lipinski definition) is 6. The number of fused-ring (bicyclic) bond motifs is 1. The lowest BCUT2D eigenvalue weighted by Crippen LogP contribution is -2.14. The summed E-state index contributed by atoms with van der Waals surface area (Å²) in [7, 11) is 0. The van der Waals surface area contributed by atoms with Crippen molar-refractivity contribution in [3.63, 3.8) is 0 Å². The molecule has 3 aromatic rings. The molecule has 1 atom stereocenters. The Hall–Kier alpha value is -3.05. The van der Waals surface area contributed by atoms with Crippen LogP contribution in [0.25, 0.3) is 11.0 Å². The van der Waals surface area contributed by atoms with Gasteiger partial charge in [-0.3, -0.25) is 0 Å². The summed E-state index contributed by atoms with van der Waals surface area (Å²) in [6.45, 7) is 0.532. The fourth-order valence-electron chi connectivity index (χ4n) is 2.40. The van der Waals surface area contributed by atoms with Gasteiger partial charge in [0.25, 0.3) is 0 Å². The zero-order valence-corrected chi connectivity index (χ0v) is 12.7. The molecule has 2 aromatic heterocycles. The second kappa shape index (κ2) is 7.02. The number of aliphatic hydroxyl groups is 1. The molecule has 7 nitrogen and oxygen atoms in total. The molecule has 8 heteroatoms. The van der Waals surface area contributed by atoms with Gasteiger partial charge in [-0.15, -0.1) is 0 Å². The standard InChI is InChI=1S/C16H15FN6O/c17-13-5-2-1-4-11(13)14(24)9-19-15-12-8-22-23(7-3-6-18)16(12)21-10-20-15/h1-2,4-5,8,10,14,24H,3,7,9H2,(H,19,20,21)/t14-/m0/s1. The van der Waals surface area contributed by atoms with E-state index in [1.807, 2.05) is 0 Å². The highest BCUT2D eigenvalue weighted by Crippen LogP contribution is 2.21. The molecule has 0 radical (unpaired) electrons. The quantitative estimate of drug-likeness (QED) is 0.719. The zero-order valence-electron chi connectivity index (χ0n) is 12.7. The van der Waals surface area contributed by atoms with Crippen molar-refractivity contribution in [1.29, 1.82) is 5.26 Å². The third-order valence-corrected chi connectivity index (χ3v) is 3.60. The summed E-state index contributed by atoms with van der Waals surface area (Å²) in [5.74, 6) is 0.0440. The molecule has 0 unspecified atom stereocenters. The van der Waals surface area contributed by atoms with Gasteiger partial charge in [0.2, 0.25) is 0 Å². The van der Waals surface area contributed by atoms with E-state index >= 15 is 0 Å². The molecular weight excluding hydrogens is 311 g/mol. The number of halogens is 1. The number of rotatable bonds is 6. The Labute approximate surface area is 137 Å². The molecule has 2 N–H and O–H groups in total. The number of nitriles is 1. The maximum atomic E-state index is 13.7. The van der Waals surface area contributed by atoms with E-state index in [4.69, 9.17) is 5.26 Å². The van der Waals surface area contributed by atoms with Crippen molar-refractivity contribution < 1.29 is 9.50 Å². The molecule has 0 aliphatic rings. The van der Waals surface area contributed by atoms with Crippen LogP contribution in [0.4, 0.5) is 10.2 Å². The van der Waals surface area contributed by atoms with Crippen LogP contribution in [0.5, 0.6) is 0 Å². The van der Waals surface area contributed by atoms with E-state index in [0.29, 0.717) is 29.8 Å². The normalized spacial score (nSPS) is 12.0. The topological polar surface area (TPSA) is 99.7 Å². The molecule has 24 heavy (non-hydrogen) atoms. The highest BCUT2D eigenvalue weighted by atomic mass is 19.1. The van der Waals surface area contributed by atoms with Gasteiger partial charge >= 0.3 is 0 Å². The third-order valence-electron chi connectivity index (χ3n) is 3.60. The Morgan fingerprint density at radius 1 is 1.33 bits per heavy atom. The first-order valence-corrected chi connectivity index (χ1v) is 7.40. The first kappa shape index (κ1) is 15.8. The third kappa shape index (κ3) is 3.16. The molecule has 0 amide bonds. The second-order valence-electron chi connectivity index (χ2n) is 5.15. The average molecular weight is 326 g/mol. The number of benzene rings is 1. The van der Waals surface area contributed by atoms with Crippen molar-refractivity contribution in [2.75, 3.05) is 11.9 Å². The highest BCUT2D eigenvalue weighted by molar-refractivity contribution is 5.86. The molecule has 0 aliphatic carbocycles. The fraction of sp³-hybridized carbons (Fsp3) is 0.250. The van der Waals surface area contributed by atoms with Crippen molar-refractivity contribution in [3.8, 4) is 6.07 Å². The van der Waals surface area contributed by atoms with Crippen LogP contribution in [-0.2, 0) is 6.54 Å². The molecule has 2 heterocycles. The number of anilines is 1. The largest absolute Gasteiger partial charge is 0.386 e. The van der Waals surface area contributed by atoms with Crippen molar-refractivity contribution in [3.05, 3.63) is 48.2 Å². The van der Waals surface area contributed by atoms with Crippen molar-refractivity contribution in [1.82, 2.24) is 19.7 Å². The van der Waals surface area contributed by atoms with Crippen LogP contribution < -0.4 is 5.32 Å². The van der Waals surface area contributed by atoms with Gasteiger partial charge in [-0.05, 0) is 6.07 Å². The van der Waals surface area contributed by atoms with Gasteiger partial charge in [-0.2, -0.15) is 10.4 Å². The van der Waals surface area contributed by atoms with Gasteiger partial charge in [-0.25, -0.2) is 19.0 Å². The first-order valence-electron chi connectivity index (χ1n) is 7.40. The van der Waals surface area contributed by atoms with Gasteiger partial charge < -0.3 is 10.4 Å². The summed E-state index contributed by atoms with van der Waals surface area (Å²) >= 11 is 0. The van der Waals surface area contributed by atoms with Crippen molar-refractivity contribution >= 4 is 16.9 Å². The summed E-state index contributed by atoms with van der Waals surface area (Å²) < 4.78 is 15.3. The van der Waals surface area contributed by atoms with Crippen LogP contribution >= 0.6 is 0 Å². The Balaban J connectivity index is 1.77. The summed E-state index contributed by atoms with van der Waals surface area (Å²) in [6, 6.07) is 8.15. The summed E-state index contributed by atoms with van der Waals surface area (Å²) in [5.41, 5.74) is 0.822. The Morgan fingerprint density at radius 3 is 2.96 bits per heavy atom. The van der Waals surface area contributed by atoms with Gasteiger partial charge in [0, 0.05) is 12.1 Å². The van der Waals surface area contributed by atoms with Crippen molar-refractivity contribution in [2.45, 2.75) is 19.1 Å². The van der Waals surface area contributed by atoms with Crippen LogP contribution in [0.15, 0.2) is 36.8 Å². The van der Waals surface area contributed by atoms with Crippen molar-refractivity contribution in [2.24, 2.45) is 0 Å². The van der Waals surface area contributed by atoms with Crippen LogP contribution in [-0.4, -0.2) is 31.4 Å². The second-order valence-corrected chi connectivity index (χ2v) is 5.15. The number of hydrogen-bond donors (Lipinski definition) is 2. The molecule has 0 fully saturated rings. The molecule has 122 valence electrons. The highest BCUT2D eigenvalue weighted by Gasteiger charge is 2.14. The Kier molecular flexibility index (Phi) is 4.63. The van der Waals surface area contributed by atoms with Gasteiger partial charge in [-0.1, -0.05) is 18.2 Å². The summed E-state index contributed by atoms with van der Waals surface area (Å²) in [6.07, 6.45) is 2.30. The van der Waals surface area contributed by atoms with Crippen LogP contribution in [0, 0.1) is 17.1 Å². The van der Waals surface area contributed by atoms with E-state index in [2.05, 4.69) is 26.5 Å². The average Bonchev–Trinajstić information content (AvgIpc) is 3.02. The van der Waals surface area contributed by atoms with Crippen LogP contribution in [0.1, 0.15) is 18.1 Å². The Bertz CT molecular complexity index is 888. The molecule has 0 saturated carbocycles. The van der Waals surface area contributed by atoms with E-state index in [0.717, 1.165) is 0 Å². The number of aromatic nitrogens is 4. The lowest BCUT2D eigenvalue weighted by atomic mass is 10.1. The predicted molar refractivity (Wildman–Crippen MR) is 85.4 cm³/mol. The van der Waals surface area contributed by atoms with Gasteiger partial charge in [0.05, 0.1) is 36.7 Å². The molecule has 0 saturated heterocycles. The smallest absolute Gasteiger partial charge is 0.163 e. The maximum absolute atomic E-state index is 13.7. The number of nitrogens with zero attached hydrogens (tertiary/aromatic N) is 5. The molecule has 3 rings (SSSR count). The Morgan fingerprint density at radius 2 is 2.17 bits per heavy atom. The molecule has 1 aromatic carbocycles. The number of nitrogens with one attached hydrogen (secondary N) is 1. The minimum absolute atomic E-state index is 0.0937. The van der Waals surface area contributed by atoms with E-state index in [1.54, 1.807) is 23.0 Å². The van der Waals surface area contributed by atoms with E-state index in [1.165, 1.54) is 18.5 Å². The minimum Gasteiger partial charge on any atom is -0.386 e. The molecule has 0 bridgehead atoms. The van der Waals surface area contributed by atoms with E-state index < -0.39 is 11.9 Å². The van der Waals surface area contributed by atoms with E-state index in [-0.39, 0.29) is 12.1 Å². The fourth-order valence-corrected chi connectivity index (χ4v) is 2.40. The molecular formula is C16H15FN6O. The predicted octanol–water partition coefficient (Wildman–Crippen LogP) is 2.02. The van der Waals surface area contributed by atoms with Crippen LogP contribution in [0.3, 0.4) is 0 Å². The lowest BCUT2D eigenvalue weighted by Gasteiger charge is -2.13. The zero-order chi connectivity index (χ0) is 16.9. The lowest BCUT2D eigenvalue weighted by molar-refractivity contribution is 0.186. The van der Waals surface area contributed by atoms with E-state index in [9.17, 15) is 9.50 Å². The summed E-state index contributed by atoms with van der Waals surface area (Å²) in [4.78, 5) is 8.31.